The molecule has 0 amide bonds. The van der Waals surface area contributed by atoms with Gasteiger partial charge in [-0.2, -0.15) is 5.26 Å². The number of rotatable bonds is 1. The fourth-order valence-corrected chi connectivity index (χ4v) is 2.22. The summed E-state index contributed by atoms with van der Waals surface area (Å²) in [6.07, 6.45) is 1.11. The van der Waals surface area contributed by atoms with Gasteiger partial charge in [0.2, 0.25) is 0 Å². The molecule has 78 valence electrons. The number of likely N-dealkylation sites (N-methyl/N-ethyl adjacent to an activating group) is 1. The van der Waals surface area contributed by atoms with Crippen LogP contribution in [0.1, 0.15) is 29.5 Å². The van der Waals surface area contributed by atoms with Gasteiger partial charge in [-0.1, -0.05) is 18.2 Å². The molecule has 15 heavy (non-hydrogen) atoms. The van der Waals surface area contributed by atoms with Gasteiger partial charge in [-0.3, -0.25) is 0 Å². The molecule has 2 nitrogen and oxygen atoms in total. The Hall–Kier alpha value is -1.33. The average Bonchev–Trinajstić information content (AvgIpc) is 2.27. The molecule has 1 aliphatic heterocycles. The second kappa shape index (κ2) is 4.04. The lowest BCUT2D eigenvalue weighted by atomic mass is 9.89. The van der Waals surface area contributed by atoms with Gasteiger partial charge in [0, 0.05) is 13.1 Å². The third-order valence-corrected chi connectivity index (χ3v) is 3.16. The molecule has 0 spiro atoms. The second-order valence-corrected chi connectivity index (χ2v) is 4.32. The van der Waals surface area contributed by atoms with E-state index in [0.717, 1.165) is 19.5 Å². The third kappa shape index (κ3) is 1.88. The van der Waals surface area contributed by atoms with E-state index < -0.39 is 0 Å². The highest BCUT2D eigenvalue weighted by molar-refractivity contribution is 5.40. The van der Waals surface area contributed by atoms with Crippen molar-refractivity contribution in [3.05, 3.63) is 34.9 Å². The molecule has 0 aliphatic carbocycles. The van der Waals surface area contributed by atoms with Crippen molar-refractivity contribution in [1.82, 2.24) is 4.90 Å². The van der Waals surface area contributed by atoms with Crippen LogP contribution in [0.25, 0.3) is 0 Å². The van der Waals surface area contributed by atoms with Crippen LogP contribution in [-0.4, -0.2) is 18.5 Å². The number of hydrogen-bond donors (Lipinski definition) is 0. The van der Waals surface area contributed by atoms with Crippen LogP contribution in [-0.2, 0) is 13.0 Å². The Morgan fingerprint density at radius 2 is 2.27 bits per heavy atom. The topological polar surface area (TPSA) is 27.0 Å². The van der Waals surface area contributed by atoms with Crippen LogP contribution in [0.4, 0.5) is 0 Å². The first-order valence-electron chi connectivity index (χ1n) is 5.41. The Balaban J connectivity index is 2.45. The van der Waals surface area contributed by atoms with Crippen LogP contribution in [0.15, 0.2) is 18.2 Å². The number of benzene rings is 1. The number of fused-ring (bicyclic) bond motifs is 1. The molecule has 0 saturated heterocycles. The van der Waals surface area contributed by atoms with E-state index in [1.807, 2.05) is 6.92 Å². The minimum absolute atomic E-state index is 0.00597. The van der Waals surface area contributed by atoms with E-state index in [1.165, 1.54) is 16.7 Å². The first-order valence-corrected chi connectivity index (χ1v) is 5.41. The van der Waals surface area contributed by atoms with Crippen LogP contribution in [0, 0.1) is 11.3 Å². The van der Waals surface area contributed by atoms with Crippen molar-refractivity contribution in [3.63, 3.8) is 0 Å². The Bertz CT molecular complexity index is 403. The highest BCUT2D eigenvalue weighted by Crippen LogP contribution is 2.26. The molecule has 0 saturated carbocycles. The van der Waals surface area contributed by atoms with E-state index in [0.29, 0.717) is 0 Å². The van der Waals surface area contributed by atoms with Crippen LogP contribution in [0.5, 0.6) is 0 Å². The molecule has 2 heteroatoms. The first kappa shape index (κ1) is 10.2. The summed E-state index contributed by atoms with van der Waals surface area (Å²) in [5.74, 6) is 0.00597. The van der Waals surface area contributed by atoms with Gasteiger partial charge in [0.05, 0.1) is 12.0 Å². The number of nitrogens with zero attached hydrogens (tertiary/aromatic N) is 2. The molecular weight excluding hydrogens is 184 g/mol. The minimum atomic E-state index is 0.00597. The van der Waals surface area contributed by atoms with E-state index in [9.17, 15) is 0 Å². The Morgan fingerprint density at radius 1 is 1.47 bits per heavy atom. The van der Waals surface area contributed by atoms with Gasteiger partial charge in [-0.05, 0) is 37.1 Å². The zero-order valence-corrected chi connectivity index (χ0v) is 9.33. The highest BCUT2D eigenvalue weighted by atomic mass is 15.1. The maximum Gasteiger partial charge on any atom is 0.0701 e. The maximum atomic E-state index is 8.99. The van der Waals surface area contributed by atoms with Crippen molar-refractivity contribution in [2.45, 2.75) is 25.8 Å². The van der Waals surface area contributed by atoms with Gasteiger partial charge >= 0.3 is 0 Å². The predicted molar refractivity (Wildman–Crippen MR) is 60.5 cm³/mol. The van der Waals surface area contributed by atoms with E-state index in [4.69, 9.17) is 5.26 Å². The SMILES string of the molecule is CC(C#N)c1cccc2c1CN(C)CC2. The van der Waals surface area contributed by atoms with Crippen LogP contribution in [0.3, 0.4) is 0 Å². The fourth-order valence-electron chi connectivity index (χ4n) is 2.22. The van der Waals surface area contributed by atoms with E-state index in [1.54, 1.807) is 0 Å². The largest absolute Gasteiger partial charge is 0.302 e. The van der Waals surface area contributed by atoms with Crippen LogP contribution < -0.4 is 0 Å². The molecule has 0 bridgehead atoms. The Labute approximate surface area is 91.1 Å². The lowest BCUT2D eigenvalue weighted by Gasteiger charge is -2.27. The summed E-state index contributed by atoms with van der Waals surface area (Å²) >= 11 is 0. The van der Waals surface area contributed by atoms with Crippen molar-refractivity contribution in [2.75, 3.05) is 13.6 Å². The van der Waals surface area contributed by atoms with E-state index in [2.05, 4.69) is 36.2 Å². The number of nitriles is 1. The minimum Gasteiger partial charge on any atom is -0.302 e. The lowest BCUT2D eigenvalue weighted by Crippen LogP contribution is -2.27. The van der Waals surface area contributed by atoms with Crippen LogP contribution >= 0.6 is 0 Å². The molecule has 1 aliphatic rings. The third-order valence-electron chi connectivity index (χ3n) is 3.16. The summed E-state index contributed by atoms with van der Waals surface area (Å²) in [6.45, 7) is 4.08. The first-order chi connectivity index (χ1) is 7.22. The zero-order chi connectivity index (χ0) is 10.8. The molecule has 2 rings (SSSR count). The van der Waals surface area contributed by atoms with Crippen molar-refractivity contribution >= 4 is 0 Å². The van der Waals surface area contributed by atoms with Crippen molar-refractivity contribution in [3.8, 4) is 6.07 Å². The summed E-state index contributed by atoms with van der Waals surface area (Å²) in [5.41, 5.74) is 4.01. The van der Waals surface area contributed by atoms with Crippen molar-refractivity contribution in [1.29, 1.82) is 5.26 Å². The van der Waals surface area contributed by atoms with Gasteiger partial charge in [-0.25, -0.2) is 0 Å². The van der Waals surface area contributed by atoms with E-state index >= 15 is 0 Å². The van der Waals surface area contributed by atoms with Gasteiger partial charge in [0.25, 0.3) is 0 Å². The second-order valence-electron chi connectivity index (χ2n) is 4.32. The lowest BCUT2D eigenvalue weighted by molar-refractivity contribution is 0.311. The quantitative estimate of drug-likeness (QED) is 0.695. The normalized spacial score (nSPS) is 17.9. The van der Waals surface area contributed by atoms with Crippen molar-refractivity contribution in [2.24, 2.45) is 0 Å². The molecule has 1 aromatic rings. The van der Waals surface area contributed by atoms with Gasteiger partial charge in [0.1, 0.15) is 0 Å². The summed E-state index contributed by atoms with van der Waals surface area (Å²) < 4.78 is 0. The van der Waals surface area contributed by atoms with Gasteiger partial charge in [-0.15, -0.1) is 0 Å². The molecule has 1 unspecified atom stereocenters. The van der Waals surface area contributed by atoms with Crippen molar-refractivity contribution < 1.29 is 0 Å². The average molecular weight is 200 g/mol. The van der Waals surface area contributed by atoms with Gasteiger partial charge in [0.15, 0.2) is 0 Å². The molecule has 1 atom stereocenters. The summed E-state index contributed by atoms with van der Waals surface area (Å²) in [5, 5.41) is 8.99. The molecule has 0 aromatic heterocycles. The molecular formula is C13H16N2. The standard InChI is InChI=1S/C13H16N2/c1-10(8-14)12-5-3-4-11-6-7-15(2)9-13(11)12/h3-5,10H,6-7,9H2,1-2H3. The molecule has 1 heterocycles. The molecule has 0 fully saturated rings. The summed E-state index contributed by atoms with van der Waals surface area (Å²) in [4.78, 5) is 2.32. The fraction of sp³-hybridized carbons (Fsp3) is 0.462. The zero-order valence-electron chi connectivity index (χ0n) is 9.33. The molecule has 0 radical (unpaired) electrons. The smallest absolute Gasteiger partial charge is 0.0701 e. The maximum absolute atomic E-state index is 8.99. The van der Waals surface area contributed by atoms with E-state index in [-0.39, 0.29) is 5.92 Å². The van der Waals surface area contributed by atoms with Crippen LogP contribution in [0.2, 0.25) is 0 Å². The Kier molecular flexibility index (Phi) is 2.75. The summed E-state index contributed by atoms with van der Waals surface area (Å²) in [6, 6.07) is 8.68. The predicted octanol–water partition coefficient (Wildman–Crippen LogP) is 2.30. The monoisotopic (exact) mass is 200 g/mol. The Morgan fingerprint density at radius 3 is 3.00 bits per heavy atom. The molecule has 0 N–H and O–H groups in total. The summed E-state index contributed by atoms with van der Waals surface area (Å²) in [7, 11) is 2.14. The molecule has 1 aromatic carbocycles. The number of hydrogen-bond acceptors (Lipinski definition) is 2. The van der Waals surface area contributed by atoms with Gasteiger partial charge < -0.3 is 4.90 Å². The highest BCUT2D eigenvalue weighted by Gasteiger charge is 2.18.